The Kier molecular flexibility index (Phi) is 6.06. The number of hydrogen-bond donors (Lipinski definition) is 1. The predicted molar refractivity (Wildman–Crippen MR) is 86.9 cm³/mol. The molecule has 1 N–H and O–H groups in total. The summed E-state index contributed by atoms with van der Waals surface area (Å²) in [5.74, 6) is -0.986. The molecule has 0 saturated heterocycles. The van der Waals surface area contributed by atoms with Crippen LogP contribution in [0.3, 0.4) is 0 Å². The Hall–Kier alpha value is -3.50. The number of ether oxygens (including phenoxy) is 3. The number of nitro benzene ring substituents is 1. The molecule has 0 aliphatic carbocycles. The summed E-state index contributed by atoms with van der Waals surface area (Å²) >= 11 is 0. The minimum atomic E-state index is -4.81. The average Bonchev–Trinajstić information content (AvgIpc) is 2.60. The minimum Gasteiger partial charge on any atom is -0.496 e. The van der Waals surface area contributed by atoms with Crippen molar-refractivity contribution in [2.24, 2.45) is 0 Å². The third-order valence-electron chi connectivity index (χ3n) is 3.09. The Morgan fingerprint density at radius 2 is 1.78 bits per heavy atom. The van der Waals surface area contributed by atoms with Crippen LogP contribution in [0.25, 0.3) is 0 Å². The summed E-state index contributed by atoms with van der Waals surface area (Å²) in [5.41, 5.74) is -0.182. The number of alkyl halides is 3. The number of amides is 1. The van der Waals surface area contributed by atoms with Gasteiger partial charge in [-0.05, 0) is 36.4 Å². The van der Waals surface area contributed by atoms with E-state index >= 15 is 0 Å². The Labute approximate surface area is 150 Å². The van der Waals surface area contributed by atoms with Crippen LogP contribution < -0.4 is 19.5 Å². The minimum absolute atomic E-state index is 0.134. The van der Waals surface area contributed by atoms with Gasteiger partial charge in [0.05, 0.1) is 18.1 Å². The normalized spacial score (nSPS) is 10.8. The monoisotopic (exact) mass is 386 g/mol. The molecule has 144 valence electrons. The maximum Gasteiger partial charge on any atom is 0.573 e. The molecule has 0 unspecified atom stereocenters. The zero-order chi connectivity index (χ0) is 20.0. The van der Waals surface area contributed by atoms with Crippen LogP contribution in [0.15, 0.2) is 42.5 Å². The SMILES string of the molecule is COc1ccc(OCC(=O)Nc2ccc(OC(F)(F)F)cc2)c([N+](=O)[O-])c1. The summed E-state index contributed by atoms with van der Waals surface area (Å²) in [6.45, 7) is -0.548. The third-order valence-corrected chi connectivity index (χ3v) is 3.09. The fourth-order valence-corrected chi connectivity index (χ4v) is 1.97. The number of nitrogens with one attached hydrogen (secondary N) is 1. The van der Waals surface area contributed by atoms with E-state index in [2.05, 4.69) is 10.1 Å². The van der Waals surface area contributed by atoms with Gasteiger partial charge in [-0.2, -0.15) is 0 Å². The highest BCUT2D eigenvalue weighted by molar-refractivity contribution is 5.92. The number of rotatable bonds is 7. The summed E-state index contributed by atoms with van der Waals surface area (Å²) in [7, 11) is 1.35. The number of anilines is 1. The molecule has 2 aromatic carbocycles. The molecule has 1 amide bonds. The van der Waals surface area contributed by atoms with Crippen LogP contribution in [0.5, 0.6) is 17.2 Å². The van der Waals surface area contributed by atoms with Crippen LogP contribution in [0, 0.1) is 10.1 Å². The van der Waals surface area contributed by atoms with Crippen LogP contribution in [-0.2, 0) is 4.79 Å². The predicted octanol–water partition coefficient (Wildman–Crippen LogP) is 3.52. The van der Waals surface area contributed by atoms with Gasteiger partial charge in [-0.3, -0.25) is 14.9 Å². The fraction of sp³-hybridized carbons (Fsp3) is 0.188. The number of benzene rings is 2. The van der Waals surface area contributed by atoms with Crippen molar-refractivity contribution in [3.8, 4) is 17.2 Å². The standard InChI is InChI=1S/C16H13F3N2O6/c1-25-12-6-7-14(13(8-12)21(23)24)26-9-15(22)20-10-2-4-11(5-3-10)27-16(17,18)19/h2-8H,9H2,1H3,(H,20,22). The van der Waals surface area contributed by atoms with Crippen molar-refractivity contribution in [2.75, 3.05) is 19.0 Å². The highest BCUT2D eigenvalue weighted by atomic mass is 19.4. The fourth-order valence-electron chi connectivity index (χ4n) is 1.97. The molecular formula is C16H13F3N2O6. The second-order valence-electron chi connectivity index (χ2n) is 5.00. The van der Waals surface area contributed by atoms with E-state index in [-0.39, 0.29) is 22.9 Å². The smallest absolute Gasteiger partial charge is 0.496 e. The molecular weight excluding hydrogens is 373 g/mol. The molecule has 0 fully saturated rings. The molecule has 0 radical (unpaired) electrons. The van der Waals surface area contributed by atoms with Gasteiger partial charge in [0.25, 0.3) is 5.91 Å². The highest BCUT2D eigenvalue weighted by Crippen LogP contribution is 2.31. The Bertz CT molecular complexity index is 824. The number of carbonyl (C=O) groups excluding carboxylic acids is 1. The van der Waals surface area contributed by atoms with E-state index in [1.807, 2.05) is 0 Å². The van der Waals surface area contributed by atoms with E-state index in [1.165, 1.54) is 31.4 Å². The van der Waals surface area contributed by atoms with Gasteiger partial charge < -0.3 is 19.5 Å². The Balaban J connectivity index is 1.96. The molecule has 2 rings (SSSR count). The molecule has 0 bridgehead atoms. The zero-order valence-electron chi connectivity index (χ0n) is 13.8. The van der Waals surface area contributed by atoms with Crippen molar-refractivity contribution in [1.29, 1.82) is 0 Å². The quantitative estimate of drug-likeness (QED) is 0.577. The van der Waals surface area contributed by atoms with Crippen LogP contribution >= 0.6 is 0 Å². The van der Waals surface area contributed by atoms with Crippen molar-refractivity contribution in [3.63, 3.8) is 0 Å². The van der Waals surface area contributed by atoms with E-state index in [4.69, 9.17) is 9.47 Å². The van der Waals surface area contributed by atoms with Crippen LogP contribution in [0.2, 0.25) is 0 Å². The van der Waals surface area contributed by atoms with Gasteiger partial charge in [0, 0.05) is 5.69 Å². The lowest BCUT2D eigenvalue weighted by atomic mass is 10.3. The number of carbonyl (C=O) groups is 1. The highest BCUT2D eigenvalue weighted by Gasteiger charge is 2.31. The molecule has 0 spiro atoms. The van der Waals surface area contributed by atoms with Gasteiger partial charge in [-0.15, -0.1) is 13.2 Å². The number of nitrogens with zero attached hydrogens (tertiary/aromatic N) is 1. The van der Waals surface area contributed by atoms with Gasteiger partial charge >= 0.3 is 12.0 Å². The van der Waals surface area contributed by atoms with Crippen molar-refractivity contribution in [3.05, 3.63) is 52.6 Å². The largest absolute Gasteiger partial charge is 0.573 e. The lowest BCUT2D eigenvalue weighted by Crippen LogP contribution is -2.20. The topological polar surface area (TPSA) is 99.9 Å². The lowest BCUT2D eigenvalue weighted by molar-refractivity contribution is -0.385. The molecule has 8 nitrogen and oxygen atoms in total. The van der Waals surface area contributed by atoms with Crippen LogP contribution in [0.1, 0.15) is 0 Å². The maximum absolute atomic E-state index is 12.1. The van der Waals surface area contributed by atoms with E-state index in [1.54, 1.807) is 0 Å². The van der Waals surface area contributed by atoms with E-state index in [0.29, 0.717) is 0 Å². The van der Waals surface area contributed by atoms with E-state index < -0.39 is 29.5 Å². The van der Waals surface area contributed by atoms with Gasteiger partial charge in [0.15, 0.2) is 12.4 Å². The summed E-state index contributed by atoms with van der Waals surface area (Å²) in [5, 5.41) is 13.4. The first kappa shape index (κ1) is 19.8. The first-order chi connectivity index (χ1) is 12.7. The van der Waals surface area contributed by atoms with Crippen molar-refractivity contribution >= 4 is 17.3 Å². The van der Waals surface area contributed by atoms with Gasteiger partial charge in [0.2, 0.25) is 0 Å². The third kappa shape index (κ3) is 6.06. The van der Waals surface area contributed by atoms with Crippen molar-refractivity contribution < 1.29 is 37.1 Å². The molecule has 0 saturated carbocycles. The molecule has 0 atom stereocenters. The Morgan fingerprint density at radius 1 is 1.15 bits per heavy atom. The summed E-state index contributed by atoms with van der Waals surface area (Å²) < 4.78 is 50.0. The molecule has 11 heteroatoms. The molecule has 0 aliphatic rings. The number of methoxy groups -OCH3 is 1. The summed E-state index contributed by atoms with van der Waals surface area (Å²) in [4.78, 5) is 22.2. The van der Waals surface area contributed by atoms with Gasteiger partial charge in [-0.1, -0.05) is 0 Å². The molecule has 0 aromatic heterocycles. The van der Waals surface area contributed by atoms with E-state index in [9.17, 15) is 28.1 Å². The number of halogens is 3. The number of nitro groups is 1. The second kappa shape index (κ2) is 8.25. The second-order valence-corrected chi connectivity index (χ2v) is 5.00. The first-order valence-electron chi connectivity index (χ1n) is 7.29. The van der Waals surface area contributed by atoms with Crippen LogP contribution in [0.4, 0.5) is 24.5 Å². The van der Waals surface area contributed by atoms with Crippen molar-refractivity contribution in [2.45, 2.75) is 6.36 Å². The summed E-state index contributed by atoms with van der Waals surface area (Å²) in [6, 6.07) is 8.32. The van der Waals surface area contributed by atoms with E-state index in [0.717, 1.165) is 18.2 Å². The lowest BCUT2D eigenvalue weighted by Gasteiger charge is -2.10. The molecule has 2 aromatic rings. The number of hydrogen-bond acceptors (Lipinski definition) is 6. The maximum atomic E-state index is 12.1. The zero-order valence-corrected chi connectivity index (χ0v) is 13.8. The molecule has 0 heterocycles. The molecule has 0 aliphatic heterocycles. The average molecular weight is 386 g/mol. The van der Waals surface area contributed by atoms with Gasteiger partial charge in [0.1, 0.15) is 11.5 Å². The summed E-state index contributed by atoms with van der Waals surface area (Å²) in [6.07, 6.45) is -4.81. The molecule has 27 heavy (non-hydrogen) atoms. The first-order valence-corrected chi connectivity index (χ1v) is 7.29. The van der Waals surface area contributed by atoms with Crippen LogP contribution in [-0.4, -0.2) is 30.9 Å². The Morgan fingerprint density at radius 3 is 2.33 bits per heavy atom. The van der Waals surface area contributed by atoms with Gasteiger partial charge in [-0.25, -0.2) is 0 Å². The van der Waals surface area contributed by atoms with Crippen molar-refractivity contribution in [1.82, 2.24) is 0 Å².